The van der Waals surface area contributed by atoms with Crippen LogP contribution in [0.4, 0.5) is 5.69 Å². The molecule has 0 radical (unpaired) electrons. The van der Waals surface area contributed by atoms with Gasteiger partial charge in [0.1, 0.15) is 0 Å². The van der Waals surface area contributed by atoms with Gasteiger partial charge in [0.2, 0.25) is 10.0 Å². The minimum atomic E-state index is -3.55. The van der Waals surface area contributed by atoms with Crippen molar-refractivity contribution in [2.24, 2.45) is 0 Å². The third-order valence-corrected chi connectivity index (χ3v) is 6.71. The standard InChI is InChI=1S/C23H25N3O5S/c1-16-5-6-17(2)26(16)20-11-7-18(8-12-20)23(28)31-15-22(27)24-19-9-13-21(14-10-19)32(29,30)25(3)4/h5-14H,15H2,1-4H3,(H,24,27). The molecule has 168 valence electrons. The predicted octanol–water partition coefficient (Wildman–Crippen LogP) is 3.14. The van der Waals surface area contributed by atoms with E-state index in [0.717, 1.165) is 21.4 Å². The molecule has 0 atom stereocenters. The highest BCUT2D eigenvalue weighted by molar-refractivity contribution is 7.89. The number of carbonyl (C=O) groups excluding carboxylic acids is 2. The summed E-state index contributed by atoms with van der Waals surface area (Å²) in [6.45, 7) is 3.54. The summed E-state index contributed by atoms with van der Waals surface area (Å²) in [4.78, 5) is 24.5. The second kappa shape index (κ2) is 9.37. The fourth-order valence-corrected chi connectivity index (χ4v) is 4.06. The Hall–Kier alpha value is -3.43. The number of carbonyl (C=O) groups is 2. The van der Waals surface area contributed by atoms with Crippen molar-refractivity contribution in [3.8, 4) is 5.69 Å². The fourth-order valence-electron chi connectivity index (χ4n) is 3.15. The van der Waals surface area contributed by atoms with E-state index in [4.69, 9.17) is 4.74 Å². The van der Waals surface area contributed by atoms with E-state index in [-0.39, 0.29) is 4.90 Å². The number of ether oxygens (including phenoxy) is 1. The Bertz CT molecular complexity index is 1210. The molecule has 1 N–H and O–H groups in total. The van der Waals surface area contributed by atoms with Crippen molar-refractivity contribution in [2.75, 3.05) is 26.0 Å². The van der Waals surface area contributed by atoms with Crippen LogP contribution in [0.3, 0.4) is 0 Å². The van der Waals surface area contributed by atoms with Gasteiger partial charge < -0.3 is 14.6 Å². The number of hydrogen-bond donors (Lipinski definition) is 1. The summed E-state index contributed by atoms with van der Waals surface area (Å²) < 4.78 is 32.4. The largest absolute Gasteiger partial charge is 0.452 e. The molecule has 1 heterocycles. The topological polar surface area (TPSA) is 97.7 Å². The van der Waals surface area contributed by atoms with E-state index in [1.165, 1.54) is 38.4 Å². The molecular weight excluding hydrogens is 430 g/mol. The normalized spacial score (nSPS) is 11.4. The summed E-state index contributed by atoms with van der Waals surface area (Å²) in [6, 6.07) is 16.7. The Morgan fingerprint density at radius 1 is 0.906 bits per heavy atom. The van der Waals surface area contributed by atoms with E-state index in [1.807, 2.05) is 38.1 Å². The first-order chi connectivity index (χ1) is 15.1. The summed E-state index contributed by atoms with van der Waals surface area (Å²) in [6.07, 6.45) is 0. The Morgan fingerprint density at radius 2 is 1.47 bits per heavy atom. The van der Waals surface area contributed by atoms with Crippen molar-refractivity contribution in [1.29, 1.82) is 0 Å². The summed E-state index contributed by atoms with van der Waals surface area (Å²) in [5, 5.41) is 2.57. The highest BCUT2D eigenvalue weighted by atomic mass is 32.2. The van der Waals surface area contributed by atoms with Gasteiger partial charge in [-0.1, -0.05) is 0 Å². The fraction of sp³-hybridized carbons (Fsp3) is 0.217. The zero-order valence-corrected chi connectivity index (χ0v) is 19.1. The van der Waals surface area contributed by atoms with Crippen LogP contribution in [0.1, 0.15) is 21.7 Å². The van der Waals surface area contributed by atoms with Crippen molar-refractivity contribution >= 4 is 27.6 Å². The highest BCUT2D eigenvalue weighted by Gasteiger charge is 2.17. The number of aryl methyl sites for hydroxylation is 2. The molecule has 32 heavy (non-hydrogen) atoms. The third kappa shape index (κ3) is 5.06. The molecule has 3 rings (SSSR count). The SMILES string of the molecule is Cc1ccc(C)n1-c1ccc(C(=O)OCC(=O)Nc2ccc(S(=O)(=O)N(C)C)cc2)cc1. The second-order valence-electron chi connectivity index (χ2n) is 7.43. The van der Waals surface area contributed by atoms with Crippen molar-refractivity contribution in [3.63, 3.8) is 0 Å². The van der Waals surface area contributed by atoms with E-state index in [1.54, 1.807) is 12.1 Å². The molecule has 0 fully saturated rings. The van der Waals surface area contributed by atoms with Gasteiger partial charge in [0.25, 0.3) is 5.91 Å². The van der Waals surface area contributed by atoms with Crippen LogP contribution in [0.5, 0.6) is 0 Å². The van der Waals surface area contributed by atoms with Crippen LogP contribution in [0.2, 0.25) is 0 Å². The quantitative estimate of drug-likeness (QED) is 0.552. The zero-order valence-electron chi connectivity index (χ0n) is 18.3. The number of nitrogens with zero attached hydrogens (tertiary/aromatic N) is 2. The average molecular weight is 456 g/mol. The lowest BCUT2D eigenvalue weighted by molar-refractivity contribution is -0.119. The van der Waals surface area contributed by atoms with E-state index in [2.05, 4.69) is 9.88 Å². The molecule has 1 amide bonds. The van der Waals surface area contributed by atoms with Gasteiger partial charge in [-0.25, -0.2) is 17.5 Å². The van der Waals surface area contributed by atoms with Crippen molar-refractivity contribution in [3.05, 3.63) is 77.6 Å². The van der Waals surface area contributed by atoms with Crippen LogP contribution in [0, 0.1) is 13.8 Å². The summed E-state index contributed by atoms with van der Waals surface area (Å²) in [5.41, 5.74) is 3.83. The maximum Gasteiger partial charge on any atom is 0.338 e. The van der Waals surface area contributed by atoms with Gasteiger partial charge in [0.15, 0.2) is 6.61 Å². The molecule has 8 nitrogen and oxygen atoms in total. The first kappa shape index (κ1) is 23.2. The van der Waals surface area contributed by atoms with E-state index < -0.39 is 28.5 Å². The highest BCUT2D eigenvalue weighted by Crippen LogP contribution is 2.18. The molecule has 0 unspecified atom stereocenters. The number of benzene rings is 2. The van der Waals surface area contributed by atoms with Crippen molar-refractivity contribution < 1.29 is 22.7 Å². The molecule has 2 aromatic carbocycles. The monoisotopic (exact) mass is 455 g/mol. The lowest BCUT2D eigenvalue weighted by Crippen LogP contribution is -2.22. The number of nitrogens with one attached hydrogen (secondary N) is 1. The molecular formula is C23H25N3O5S. The summed E-state index contributed by atoms with van der Waals surface area (Å²) >= 11 is 0. The predicted molar refractivity (Wildman–Crippen MR) is 121 cm³/mol. The molecule has 9 heteroatoms. The first-order valence-electron chi connectivity index (χ1n) is 9.84. The third-order valence-electron chi connectivity index (χ3n) is 4.88. The molecule has 0 saturated heterocycles. The van der Waals surface area contributed by atoms with Crippen molar-refractivity contribution in [2.45, 2.75) is 18.7 Å². The van der Waals surface area contributed by atoms with Crippen molar-refractivity contribution in [1.82, 2.24) is 8.87 Å². The van der Waals surface area contributed by atoms with Gasteiger partial charge in [-0.3, -0.25) is 4.79 Å². The lowest BCUT2D eigenvalue weighted by Gasteiger charge is -2.12. The second-order valence-corrected chi connectivity index (χ2v) is 9.59. The van der Waals surface area contributed by atoms with Crippen LogP contribution in [-0.4, -0.2) is 49.9 Å². The summed E-state index contributed by atoms with van der Waals surface area (Å²) in [7, 11) is -0.667. The Balaban J connectivity index is 1.56. The van der Waals surface area contributed by atoms with Crippen LogP contribution >= 0.6 is 0 Å². The van der Waals surface area contributed by atoms with Gasteiger partial charge in [-0.15, -0.1) is 0 Å². The van der Waals surface area contributed by atoms with Gasteiger partial charge in [0, 0.05) is 36.9 Å². The van der Waals surface area contributed by atoms with Gasteiger partial charge in [-0.05, 0) is 74.5 Å². The molecule has 3 aromatic rings. The van der Waals surface area contributed by atoms with E-state index in [0.29, 0.717) is 11.3 Å². The number of anilines is 1. The minimum Gasteiger partial charge on any atom is -0.452 e. The first-order valence-corrected chi connectivity index (χ1v) is 11.3. The van der Waals surface area contributed by atoms with E-state index in [9.17, 15) is 18.0 Å². The van der Waals surface area contributed by atoms with Crippen LogP contribution in [0.25, 0.3) is 5.69 Å². The lowest BCUT2D eigenvalue weighted by atomic mass is 10.2. The summed E-state index contributed by atoms with van der Waals surface area (Å²) in [5.74, 6) is -1.14. The zero-order chi connectivity index (χ0) is 23.5. The number of esters is 1. The van der Waals surface area contributed by atoms with E-state index >= 15 is 0 Å². The van der Waals surface area contributed by atoms with Crippen LogP contribution in [-0.2, 0) is 19.6 Å². The van der Waals surface area contributed by atoms with Crippen LogP contribution in [0.15, 0.2) is 65.6 Å². The Kier molecular flexibility index (Phi) is 6.81. The minimum absolute atomic E-state index is 0.112. The molecule has 0 aliphatic carbocycles. The molecule has 0 bridgehead atoms. The smallest absolute Gasteiger partial charge is 0.338 e. The number of amides is 1. The Labute approximate surface area is 187 Å². The number of hydrogen-bond acceptors (Lipinski definition) is 5. The number of sulfonamides is 1. The molecule has 0 saturated carbocycles. The number of rotatable bonds is 7. The number of aromatic nitrogens is 1. The molecule has 0 aliphatic rings. The van der Waals surface area contributed by atoms with Gasteiger partial charge >= 0.3 is 5.97 Å². The molecule has 1 aromatic heterocycles. The van der Waals surface area contributed by atoms with Gasteiger partial charge in [-0.2, -0.15) is 0 Å². The Morgan fingerprint density at radius 3 is 2.00 bits per heavy atom. The maximum atomic E-state index is 12.3. The maximum absolute atomic E-state index is 12.3. The molecule has 0 aliphatic heterocycles. The molecule has 0 spiro atoms. The average Bonchev–Trinajstić information content (AvgIpc) is 3.10. The van der Waals surface area contributed by atoms with Gasteiger partial charge in [0.05, 0.1) is 10.5 Å². The van der Waals surface area contributed by atoms with Crippen LogP contribution < -0.4 is 5.32 Å².